The minimum absolute atomic E-state index is 0.381. The summed E-state index contributed by atoms with van der Waals surface area (Å²) in [5.41, 5.74) is 1.74. The van der Waals surface area contributed by atoms with Crippen molar-refractivity contribution in [3.8, 4) is 11.8 Å². The SMILES string of the molecule is COc1ccc(Br)c(NC(=O)Nc2ccc(C#N)cc2)c1. The first-order valence-corrected chi connectivity index (χ1v) is 6.83. The number of rotatable bonds is 3. The van der Waals surface area contributed by atoms with Gasteiger partial charge in [0.05, 0.1) is 24.4 Å². The average Bonchev–Trinajstić information content (AvgIpc) is 2.50. The quantitative estimate of drug-likeness (QED) is 0.883. The van der Waals surface area contributed by atoms with E-state index < -0.39 is 0 Å². The fourth-order valence-corrected chi connectivity index (χ4v) is 1.99. The highest BCUT2D eigenvalue weighted by Crippen LogP contribution is 2.27. The molecule has 0 radical (unpaired) electrons. The fraction of sp³-hybridized carbons (Fsp3) is 0.0667. The van der Waals surface area contributed by atoms with E-state index in [1.807, 2.05) is 6.07 Å². The molecule has 0 aliphatic heterocycles. The Hall–Kier alpha value is -2.52. The maximum Gasteiger partial charge on any atom is 0.323 e. The smallest absolute Gasteiger partial charge is 0.323 e. The van der Waals surface area contributed by atoms with Crippen molar-refractivity contribution in [2.24, 2.45) is 0 Å². The summed E-state index contributed by atoms with van der Waals surface area (Å²) < 4.78 is 5.86. The summed E-state index contributed by atoms with van der Waals surface area (Å²) in [5.74, 6) is 0.645. The number of halogens is 1. The number of hydrogen-bond acceptors (Lipinski definition) is 3. The first-order valence-electron chi connectivity index (χ1n) is 6.04. The lowest BCUT2D eigenvalue weighted by Crippen LogP contribution is -2.19. The first kappa shape index (κ1) is 14.9. The zero-order chi connectivity index (χ0) is 15.2. The Labute approximate surface area is 130 Å². The van der Waals surface area contributed by atoms with Gasteiger partial charge in [0.25, 0.3) is 0 Å². The number of anilines is 2. The van der Waals surface area contributed by atoms with E-state index in [1.165, 1.54) is 0 Å². The van der Waals surface area contributed by atoms with Crippen LogP contribution in [0.2, 0.25) is 0 Å². The third-order valence-electron chi connectivity index (χ3n) is 2.69. The molecule has 0 saturated heterocycles. The van der Waals surface area contributed by atoms with Gasteiger partial charge in [-0.3, -0.25) is 0 Å². The predicted octanol–water partition coefficient (Wildman–Crippen LogP) is 3.97. The Morgan fingerprint density at radius 1 is 1.19 bits per heavy atom. The van der Waals surface area contributed by atoms with Gasteiger partial charge in [-0.2, -0.15) is 5.26 Å². The van der Waals surface area contributed by atoms with Gasteiger partial charge in [0.2, 0.25) is 0 Å². The molecular formula is C15H12BrN3O2. The molecule has 0 aliphatic rings. The Balaban J connectivity index is 2.06. The van der Waals surface area contributed by atoms with Gasteiger partial charge in [-0.15, -0.1) is 0 Å². The highest BCUT2D eigenvalue weighted by Gasteiger charge is 2.07. The van der Waals surface area contributed by atoms with E-state index in [2.05, 4.69) is 26.6 Å². The van der Waals surface area contributed by atoms with Crippen molar-refractivity contribution < 1.29 is 9.53 Å². The molecule has 0 saturated carbocycles. The Morgan fingerprint density at radius 2 is 1.90 bits per heavy atom. The number of urea groups is 1. The fourth-order valence-electron chi connectivity index (χ4n) is 1.64. The van der Waals surface area contributed by atoms with E-state index in [-0.39, 0.29) is 6.03 Å². The second-order valence-electron chi connectivity index (χ2n) is 4.11. The molecule has 6 heteroatoms. The number of benzene rings is 2. The van der Waals surface area contributed by atoms with Crippen molar-refractivity contribution in [2.45, 2.75) is 0 Å². The summed E-state index contributed by atoms with van der Waals surface area (Å²) in [6.45, 7) is 0. The van der Waals surface area contributed by atoms with Crippen molar-refractivity contribution in [2.75, 3.05) is 17.7 Å². The summed E-state index contributed by atoms with van der Waals surface area (Å²) in [6.07, 6.45) is 0. The van der Waals surface area contributed by atoms with Gasteiger partial charge in [-0.25, -0.2) is 4.79 Å². The lowest BCUT2D eigenvalue weighted by atomic mass is 10.2. The molecule has 21 heavy (non-hydrogen) atoms. The zero-order valence-electron chi connectivity index (χ0n) is 11.2. The van der Waals surface area contributed by atoms with E-state index in [1.54, 1.807) is 49.6 Å². The Morgan fingerprint density at radius 3 is 2.52 bits per heavy atom. The van der Waals surface area contributed by atoms with Gasteiger partial charge >= 0.3 is 6.03 Å². The van der Waals surface area contributed by atoms with Crippen LogP contribution in [0.25, 0.3) is 0 Å². The first-order chi connectivity index (χ1) is 10.1. The number of methoxy groups -OCH3 is 1. The third kappa shape index (κ3) is 3.97. The van der Waals surface area contributed by atoms with Gasteiger partial charge in [-0.05, 0) is 52.3 Å². The van der Waals surface area contributed by atoms with Crippen LogP contribution in [-0.2, 0) is 0 Å². The topological polar surface area (TPSA) is 74.2 Å². The lowest BCUT2D eigenvalue weighted by molar-refractivity contribution is 0.262. The second kappa shape index (κ2) is 6.77. The van der Waals surface area contributed by atoms with Crippen LogP contribution >= 0.6 is 15.9 Å². The molecule has 0 spiro atoms. The minimum atomic E-state index is -0.381. The molecule has 0 bridgehead atoms. The van der Waals surface area contributed by atoms with Crippen LogP contribution in [-0.4, -0.2) is 13.1 Å². The van der Waals surface area contributed by atoms with E-state index in [0.717, 1.165) is 4.47 Å². The monoisotopic (exact) mass is 345 g/mol. The van der Waals surface area contributed by atoms with Gasteiger partial charge in [0.15, 0.2) is 0 Å². The molecule has 0 aliphatic carbocycles. The molecule has 0 unspecified atom stereocenters. The van der Waals surface area contributed by atoms with Gasteiger partial charge in [-0.1, -0.05) is 0 Å². The average molecular weight is 346 g/mol. The molecular weight excluding hydrogens is 334 g/mol. The number of carbonyl (C=O) groups is 1. The molecule has 0 atom stereocenters. The molecule has 2 aromatic rings. The van der Waals surface area contributed by atoms with Crippen LogP contribution in [0.3, 0.4) is 0 Å². The Bertz CT molecular complexity index is 693. The molecule has 2 aromatic carbocycles. The summed E-state index contributed by atoms with van der Waals surface area (Å²) in [6, 6.07) is 13.5. The number of nitrogens with zero attached hydrogens (tertiary/aromatic N) is 1. The van der Waals surface area contributed by atoms with Crippen molar-refractivity contribution in [1.82, 2.24) is 0 Å². The van der Waals surface area contributed by atoms with E-state index in [0.29, 0.717) is 22.7 Å². The highest BCUT2D eigenvalue weighted by molar-refractivity contribution is 9.10. The molecule has 5 nitrogen and oxygen atoms in total. The summed E-state index contributed by atoms with van der Waals surface area (Å²) in [7, 11) is 1.56. The predicted molar refractivity (Wildman–Crippen MR) is 84.5 cm³/mol. The van der Waals surface area contributed by atoms with Crippen molar-refractivity contribution in [3.05, 3.63) is 52.5 Å². The van der Waals surface area contributed by atoms with E-state index in [4.69, 9.17) is 10.00 Å². The number of hydrogen-bond donors (Lipinski definition) is 2. The second-order valence-corrected chi connectivity index (χ2v) is 4.97. The van der Waals surface area contributed by atoms with Crippen LogP contribution < -0.4 is 15.4 Å². The van der Waals surface area contributed by atoms with Crippen molar-refractivity contribution in [3.63, 3.8) is 0 Å². The van der Waals surface area contributed by atoms with Crippen molar-refractivity contribution in [1.29, 1.82) is 5.26 Å². The Kier molecular flexibility index (Phi) is 4.80. The van der Waals surface area contributed by atoms with Crippen molar-refractivity contribution >= 4 is 33.3 Å². The number of nitriles is 1. The normalized spacial score (nSPS) is 9.57. The van der Waals surface area contributed by atoms with Gasteiger partial charge in [0.1, 0.15) is 5.75 Å². The molecule has 2 amide bonds. The minimum Gasteiger partial charge on any atom is -0.497 e. The number of amides is 2. The van der Waals surface area contributed by atoms with Gasteiger partial charge < -0.3 is 15.4 Å². The molecule has 0 heterocycles. The molecule has 106 valence electrons. The van der Waals surface area contributed by atoms with Crippen LogP contribution in [0.5, 0.6) is 5.75 Å². The number of ether oxygens (including phenoxy) is 1. The maximum absolute atomic E-state index is 11.9. The van der Waals surface area contributed by atoms with Crippen LogP contribution in [0, 0.1) is 11.3 Å². The van der Waals surface area contributed by atoms with E-state index >= 15 is 0 Å². The van der Waals surface area contributed by atoms with Gasteiger partial charge in [0, 0.05) is 16.2 Å². The van der Waals surface area contributed by atoms with Crippen LogP contribution in [0.4, 0.5) is 16.2 Å². The lowest BCUT2D eigenvalue weighted by Gasteiger charge is -2.10. The van der Waals surface area contributed by atoms with E-state index in [9.17, 15) is 4.79 Å². The van der Waals surface area contributed by atoms with Crippen LogP contribution in [0.1, 0.15) is 5.56 Å². The standard InChI is InChI=1S/C15H12BrN3O2/c1-21-12-6-7-13(16)14(8-12)19-15(20)18-11-4-2-10(9-17)3-5-11/h2-8H,1H3,(H2,18,19,20). The molecule has 2 rings (SSSR count). The summed E-state index contributed by atoms with van der Waals surface area (Å²) >= 11 is 3.36. The largest absolute Gasteiger partial charge is 0.497 e. The van der Waals surface area contributed by atoms with Crippen LogP contribution in [0.15, 0.2) is 46.9 Å². The summed E-state index contributed by atoms with van der Waals surface area (Å²) in [4.78, 5) is 11.9. The molecule has 2 N–H and O–H groups in total. The zero-order valence-corrected chi connectivity index (χ0v) is 12.8. The summed E-state index contributed by atoms with van der Waals surface area (Å²) in [5, 5.41) is 14.1. The maximum atomic E-state index is 11.9. The third-order valence-corrected chi connectivity index (χ3v) is 3.39. The molecule has 0 aromatic heterocycles. The highest BCUT2D eigenvalue weighted by atomic mass is 79.9. The molecule has 0 fully saturated rings. The number of carbonyl (C=O) groups excluding carboxylic acids is 1. The number of nitrogens with one attached hydrogen (secondary N) is 2.